The Hall–Kier alpha value is -0.510. The second kappa shape index (κ2) is 9.40. The van der Waals surface area contributed by atoms with Gasteiger partial charge in [-0.15, -0.1) is 11.8 Å². The second-order valence-electron chi connectivity index (χ2n) is 5.17. The monoisotopic (exact) mass is 281 g/mol. The molecule has 0 aliphatic heterocycles. The van der Waals surface area contributed by atoms with Crippen molar-refractivity contribution in [1.29, 1.82) is 0 Å². The molecule has 0 fully saturated rings. The first-order valence-corrected chi connectivity index (χ1v) is 8.16. The van der Waals surface area contributed by atoms with Crippen molar-refractivity contribution in [3.8, 4) is 0 Å². The summed E-state index contributed by atoms with van der Waals surface area (Å²) in [4.78, 5) is 1.32. The minimum absolute atomic E-state index is 0.429. The lowest BCUT2D eigenvalue weighted by molar-refractivity contribution is 0.124. The van der Waals surface area contributed by atoms with E-state index in [1.807, 2.05) is 11.8 Å². The Labute approximate surface area is 122 Å². The van der Waals surface area contributed by atoms with Crippen LogP contribution in [0.25, 0.3) is 0 Å². The predicted molar refractivity (Wildman–Crippen MR) is 84.9 cm³/mol. The van der Waals surface area contributed by atoms with E-state index >= 15 is 0 Å². The zero-order valence-corrected chi connectivity index (χ0v) is 13.4. The molecule has 3 heteroatoms. The lowest BCUT2D eigenvalue weighted by atomic mass is 10.1. The van der Waals surface area contributed by atoms with Crippen LogP contribution < -0.4 is 5.32 Å². The Morgan fingerprint density at radius 3 is 2.42 bits per heavy atom. The van der Waals surface area contributed by atoms with Gasteiger partial charge in [0.1, 0.15) is 0 Å². The van der Waals surface area contributed by atoms with E-state index in [4.69, 9.17) is 4.74 Å². The quantitative estimate of drug-likeness (QED) is 0.543. The molecule has 0 aliphatic carbocycles. The molecule has 1 aromatic carbocycles. The first kappa shape index (κ1) is 16.5. The van der Waals surface area contributed by atoms with Crippen LogP contribution in [0.3, 0.4) is 0 Å². The van der Waals surface area contributed by atoms with E-state index in [0.29, 0.717) is 12.0 Å². The molecule has 1 N–H and O–H groups in total. The van der Waals surface area contributed by atoms with Crippen molar-refractivity contribution in [1.82, 2.24) is 5.32 Å². The number of thioether (sulfide) groups is 1. The Morgan fingerprint density at radius 2 is 1.84 bits per heavy atom. The maximum absolute atomic E-state index is 5.58. The highest BCUT2D eigenvalue weighted by atomic mass is 32.2. The van der Waals surface area contributed by atoms with E-state index in [1.165, 1.54) is 10.5 Å². The maximum atomic E-state index is 5.58. The summed E-state index contributed by atoms with van der Waals surface area (Å²) in [5.74, 6) is 1.64. The van der Waals surface area contributed by atoms with Gasteiger partial charge in [0, 0.05) is 23.3 Å². The lowest BCUT2D eigenvalue weighted by Gasteiger charge is -2.13. The summed E-state index contributed by atoms with van der Waals surface area (Å²) >= 11 is 1.86. The van der Waals surface area contributed by atoms with Gasteiger partial charge in [0.15, 0.2) is 0 Å². The molecule has 1 aromatic rings. The zero-order valence-electron chi connectivity index (χ0n) is 12.6. The summed E-state index contributed by atoms with van der Waals surface area (Å²) in [7, 11) is 0. The summed E-state index contributed by atoms with van der Waals surface area (Å²) < 4.78 is 5.58. The van der Waals surface area contributed by atoms with Crippen LogP contribution in [0, 0.1) is 5.92 Å². The number of nitrogens with one attached hydrogen (secondary N) is 1. The molecule has 1 unspecified atom stereocenters. The van der Waals surface area contributed by atoms with Gasteiger partial charge >= 0.3 is 0 Å². The molecule has 2 nitrogen and oxygen atoms in total. The lowest BCUT2D eigenvalue weighted by Crippen LogP contribution is -2.17. The van der Waals surface area contributed by atoms with Crippen molar-refractivity contribution >= 4 is 11.8 Å². The molecule has 0 radical (unpaired) electrons. The minimum Gasteiger partial charge on any atom is -0.380 e. The molecule has 0 saturated carbocycles. The molecule has 19 heavy (non-hydrogen) atoms. The highest BCUT2D eigenvalue weighted by molar-refractivity contribution is 7.99. The Balaban J connectivity index is 2.28. The predicted octanol–water partition coefficient (Wildman–Crippen LogP) is 4.12. The van der Waals surface area contributed by atoms with E-state index in [9.17, 15) is 0 Å². The summed E-state index contributed by atoms with van der Waals surface area (Å²) in [6, 6.07) is 9.26. The maximum Gasteiger partial charge on any atom is 0.0560 e. The third-order valence-electron chi connectivity index (χ3n) is 2.84. The highest BCUT2D eigenvalue weighted by Crippen LogP contribution is 2.20. The van der Waals surface area contributed by atoms with Gasteiger partial charge < -0.3 is 10.1 Å². The largest absolute Gasteiger partial charge is 0.380 e. The Kier molecular flexibility index (Phi) is 8.19. The van der Waals surface area contributed by atoms with Crippen molar-refractivity contribution in [3.05, 3.63) is 29.8 Å². The van der Waals surface area contributed by atoms with E-state index in [0.717, 1.165) is 25.5 Å². The Bertz CT molecular complexity index is 337. The topological polar surface area (TPSA) is 21.3 Å². The van der Waals surface area contributed by atoms with Crippen molar-refractivity contribution in [2.75, 3.05) is 25.5 Å². The highest BCUT2D eigenvalue weighted by Gasteiger charge is 2.03. The number of hydrogen-bond acceptors (Lipinski definition) is 3. The summed E-state index contributed by atoms with van der Waals surface area (Å²) in [6.45, 7) is 11.4. The van der Waals surface area contributed by atoms with Gasteiger partial charge in [-0.1, -0.05) is 32.9 Å². The first-order valence-electron chi connectivity index (χ1n) is 7.17. The second-order valence-corrected chi connectivity index (χ2v) is 6.33. The van der Waals surface area contributed by atoms with Crippen molar-refractivity contribution in [3.63, 3.8) is 0 Å². The fraction of sp³-hybridized carbons (Fsp3) is 0.625. The molecule has 0 bridgehead atoms. The van der Waals surface area contributed by atoms with Crippen LogP contribution >= 0.6 is 11.8 Å². The number of rotatable bonds is 9. The molecule has 0 aliphatic rings. The molecule has 0 aromatic heterocycles. The van der Waals surface area contributed by atoms with Gasteiger partial charge in [-0.2, -0.15) is 0 Å². The van der Waals surface area contributed by atoms with Crippen LogP contribution in [0.4, 0.5) is 0 Å². The molecule has 108 valence electrons. The standard InChI is InChI=1S/C16H27NOS/c1-5-17-14(4)15-6-8-16(9-7-15)19-11-10-18-12-13(2)3/h6-9,13-14,17H,5,10-12H2,1-4H3. The van der Waals surface area contributed by atoms with Crippen LogP contribution in [0.15, 0.2) is 29.2 Å². The first-order chi connectivity index (χ1) is 9.13. The van der Waals surface area contributed by atoms with E-state index in [-0.39, 0.29) is 0 Å². The van der Waals surface area contributed by atoms with Crippen LogP contribution in [0.1, 0.15) is 39.3 Å². The molecule has 0 amide bonds. The number of benzene rings is 1. The van der Waals surface area contributed by atoms with Gasteiger partial charge in [0.05, 0.1) is 6.61 Å². The van der Waals surface area contributed by atoms with Gasteiger partial charge in [-0.3, -0.25) is 0 Å². The third-order valence-corrected chi connectivity index (χ3v) is 3.81. The van der Waals surface area contributed by atoms with Crippen LogP contribution in [0.5, 0.6) is 0 Å². The number of ether oxygens (including phenoxy) is 1. The average molecular weight is 281 g/mol. The molecule has 1 atom stereocenters. The molecule has 1 rings (SSSR count). The molecule has 0 spiro atoms. The van der Waals surface area contributed by atoms with Gasteiger partial charge in [0.2, 0.25) is 0 Å². The average Bonchev–Trinajstić information content (AvgIpc) is 2.39. The summed E-state index contributed by atoms with van der Waals surface area (Å²) in [5.41, 5.74) is 1.35. The van der Waals surface area contributed by atoms with E-state index in [1.54, 1.807) is 0 Å². The molecular formula is C16H27NOS. The fourth-order valence-electron chi connectivity index (χ4n) is 1.81. The van der Waals surface area contributed by atoms with Crippen LogP contribution in [0.2, 0.25) is 0 Å². The van der Waals surface area contributed by atoms with Crippen LogP contribution in [-0.4, -0.2) is 25.5 Å². The third kappa shape index (κ3) is 7.00. The number of hydrogen-bond donors (Lipinski definition) is 1. The van der Waals surface area contributed by atoms with E-state index < -0.39 is 0 Å². The summed E-state index contributed by atoms with van der Waals surface area (Å²) in [5, 5.41) is 3.42. The molecular weight excluding hydrogens is 254 g/mol. The molecule has 0 saturated heterocycles. The summed E-state index contributed by atoms with van der Waals surface area (Å²) in [6.07, 6.45) is 0. The van der Waals surface area contributed by atoms with Crippen molar-refractivity contribution < 1.29 is 4.74 Å². The van der Waals surface area contributed by atoms with Gasteiger partial charge in [-0.05, 0) is 37.1 Å². The minimum atomic E-state index is 0.429. The van der Waals surface area contributed by atoms with Gasteiger partial charge in [-0.25, -0.2) is 0 Å². The van der Waals surface area contributed by atoms with Crippen molar-refractivity contribution in [2.45, 2.75) is 38.6 Å². The Morgan fingerprint density at radius 1 is 1.16 bits per heavy atom. The normalized spacial score (nSPS) is 12.9. The van der Waals surface area contributed by atoms with Crippen molar-refractivity contribution in [2.24, 2.45) is 5.92 Å². The molecule has 0 heterocycles. The van der Waals surface area contributed by atoms with Crippen LogP contribution in [-0.2, 0) is 4.74 Å². The fourth-order valence-corrected chi connectivity index (χ4v) is 2.58. The smallest absolute Gasteiger partial charge is 0.0560 e. The van der Waals surface area contributed by atoms with E-state index in [2.05, 4.69) is 57.3 Å². The zero-order chi connectivity index (χ0) is 14.1. The SMILES string of the molecule is CCNC(C)c1ccc(SCCOCC(C)C)cc1. The van der Waals surface area contributed by atoms with Gasteiger partial charge in [0.25, 0.3) is 0 Å².